The van der Waals surface area contributed by atoms with Crippen LogP contribution in [0.5, 0.6) is 0 Å². The monoisotopic (exact) mass is 902 g/mol. The minimum absolute atomic E-state index is 0.266. The number of hydrogen-bond donors (Lipinski definition) is 8. The number of nitrogens with one attached hydrogen (secondary N) is 1. The molecule has 1 saturated heterocycles. The molecule has 9 unspecified atom stereocenters. The number of hydrogen-bond acceptors (Lipinski definition) is 10. The molecule has 376 valence electrons. The van der Waals surface area contributed by atoms with E-state index in [9.17, 15) is 40.5 Å². The van der Waals surface area contributed by atoms with Gasteiger partial charge in [-0.05, 0) is 12.8 Å². The van der Waals surface area contributed by atoms with Crippen LogP contribution in [0.15, 0.2) is 0 Å². The molecule has 0 radical (unpaired) electrons. The molecule has 0 aromatic rings. The molecule has 1 amide bonds. The van der Waals surface area contributed by atoms with Gasteiger partial charge >= 0.3 is 0 Å². The molecule has 11 heteroatoms. The maximum Gasteiger partial charge on any atom is 0.249 e. The fraction of sp³-hybridized carbons (Fsp3) is 0.981. The molecule has 11 nitrogen and oxygen atoms in total. The molecule has 0 saturated carbocycles. The maximum atomic E-state index is 13.1. The van der Waals surface area contributed by atoms with E-state index in [1.807, 2.05) is 0 Å². The average molecular weight is 902 g/mol. The van der Waals surface area contributed by atoms with Crippen LogP contribution in [0.4, 0.5) is 0 Å². The molecule has 1 rings (SSSR count). The quantitative estimate of drug-likeness (QED) is 0.0273. The van der Waals surface area contributed by atoms with Gasteiger partial charge < -0.3 is 50.5 Å². The van der Waals surface area contributed by atoms with E-state index in [-0.39, 0.29) is 6.42 Å². The third kappa shape index (κ3) is 31.7. The zero-order valence-corrected chi connectivity index (χ0v) is 40.8. The maximum absolute atomic E-state index is 13.1. The van der Waals surface area contributed by atoms with Crippen LogP contribution < -0.4 is 5.32 Å². The zero-order valence-electron chi connectivity index (χ0n) is 40.8. The summed E-state index contributed by atoms with van der Waals surface area (Å²) in [5.74, 6) is -0.691. The fourth-order valence-electron chi connectivity index (χ4n) is 8.97. The van der Waals surface area contributed by atoms with E-state index in [2.05, 4.69) is 19.2 Å². The first-order valence-electron chi connectivity index (χ1n) is 26.9. The summed E-state index contributed by atoms with van der Waals surface area (Å²) in [7, 11) is 0. The van der Waals surface area contributed by atoms with Crippen LogP contribution in [0.3, 0.4) is 0 Å². The standard InChI is InChI=1S/C52H103NO10/c1-3-5-7-9-11-13-15-17-19-21-22-23-24-26-27-29-31-33-35-37-39-44(55)47(57)43(42-62-52-50(60)49(59)48(58)46(41-54)63-52)53-51(61)45(56)40-38-36-34-32-30-28-25-20-18-16-14-12-10-8-6-4-2/h43-50,52,54-60H,3-42H2,1-2H3,(H,53,61). The predicted octanol–water partition coefficient (Wildman–Crippen LogP) is 10.2. The van der Waals surface area contributed by atoms with Gasteiger partial charge in [0.25, 0.3) is 0 Å². The van der Waals surface area contributed by atoms with Crippen molar-refractivity contribution in [2.75, 3.05) is 13.2 Å². The van der Waals surface area contributed by atoms with E-state index in [0.717, 1.165) is 38.5 Å². The van der Waals surface area contributed by atoms with Crippen LogP contribution in [0.25, 0.3) is 0 Å². The summed E-state index contributed by atoms with van der Waals surface area (Å²) in [5, 5.41) is 76.0. The van der Waals surface area contributed by atoms with Crippen molar-refractivity contribution in [2.45, 2.75) is 313 Å². The molecule has 0 aromatic carbocycles. The molecule has 63 heavy (non-hydrogen) atoms. The highest BCUT2D eigenvalue weighted by Gasteiger charge is 2.44. The third-order valence-corrected chi connectivity index (χ3v) is 13.4. The van der Waals surface area contributed by atoms with Crippen molar-refractivity contribution in [3.8, 4) is 0 Å². The number of aliphatic hydroxyl groups excluding tert-OH is 7. The largest absolute Gasteiger partial charge is 0.394 e. The molecule has 1 aliphatic heterocycles. The Morgan fingerprint density at radius 2 is 0.825 bits per heavy atom. The summed E-state index contributed by atoms with van der Waals surface area (Å²) in [6, 6.07) is -1.16. The van der Waals surface area contributed by atoms with Crippen molar-refractivity contribution in [3.05, 3.63) is 0 Å². The van der Waals surface area contributed by atoms with Gasteiger partial charge in [0.2, 0.25) is 5.91 Å². The minimum atomic E-state index is -1.66. The molecule has 8 N–H and O–H groups in total. The lowest BCUT2D eigenvalue weighted by Crippen LogP contribution is -2.60. The second-order valence-corrected chi connectivity index (χ2v) is 19.3. The Hall–Kier alpha value is -0.890. The SMILES string of the molecule is CCCCCCCCCCCCCCCCCCCCCCC(O)C(O)C(COC1OC(CO)C(O)C(O)C1O)NC(=O)C(O)CCCCCCCCCCCCCCCCCC. The molecular weight excluding hydrogens is 799 g/mol. The summed E-state index contributed by atoms with van der Waals surface area (Å²) in [5.41, 5.74) is 0. The van der Waals surface area contributed by atoms with Gasteiger partial charge in [0.05, 0.1) is 25.4 Å². The van der Waals surface area contributed by atoms with Gasteiger partial charge in [-0.2, -0.15) is 0 Å². The molecule has 9 atom stereocenters. The first kappa shape index (κ1) is 60.1. The Bertz CT molecular complexity index is 991. The molecule has 0 aliphatic carbocycles. The van der Waals surface area contributed by atoms with Gasteiger partial charge in [-0.3, -0.25) is 4.79 Å². The first-order chi connectivity index (χ1) is 30.7. The molecule has 0 aromatic heterocycles. The minimum Gasteiger partial charge on any atom is -0.394 e. The van der Waals surface area contributed by atoms with Crippen LogP contribution >= 0.6 is 0 Å². The smallest absolute Gasteiger partial charge is 0.249 e. The van der Waals surface area contributed by atoms with Crippen molar-refractivity contribution >= 4 is 5.91 Å². The summed E-state index contributed by atoms with van der Waals surface area (Å²) in [4.78, 5) is 13.1. The lowest BCUT2D eigenvalue weighted by molar-refractivity contribution is -0.303. The Kier molecular flexibility index (Phi) is 40.5. The second kappa shape index (κ2) is 42.5. The van der Waals surface area contributed by atoms with E-state index in [1.54, 1.807) is 0 Å². The molecule has 1 fully saturated rings. The summed E-state index contributed by atoms with van der Waals surface area (Å²) >= 11 is 0. The average Bonchev–Trinajstić information content (AvgIpc) is 3.28. The van der Waals surface area contributed by atoms with Crippen LogP contribution in [0, 0.1) is 0 Å². The highest BCUT2D eigenvalue weighted by Crippen LogP contribution is 2.23. The number of amides is 1. The van der Waals surface area contributed by atoms with E-state index in [0.29, 0.717) is 19.3 Å². The van der Waals surface area contributed by atoms with Crippen molar-refractivity contribution in [1.82, 2.24) is 5.32 Å². The van der Waals surface area contributed by atoms with Gasteiger partial charge in [0.1, 0.15) is 36.6 Å². The Morgan fingerprint density at radius 3 is 1.17 bits per heavy atom. The summed E-state index contributed by atoms with van der Waals surface area (Å²) < 4.78 is 11.1. The second-order valence-electron chi connectivity index (χ2n) is 19.3. The third-order valence-electron chi connectivity index (χ3n) is 13.4. The lowest BCUT2D eigenvalue weighted by atomic mass is 9.98. The molecule has 1 heterocycles. The predicted molar refractivity (Wildman–Crippen MR) is 256 cm³/mol. The van der Waals surface area contributed by atoms with Gasteiger partial charge in [0, 0.05) is 0 Å². The van der Waals surface area contributed by atoms with Crippen molar-refractivity contribution in [2.24, 2.45) is 0 Å². The Balaban J connectivity index is 2.35. The number of carbonyl (C=O) groups excluding carboxylic acids is 1. The van der Waals surface area contributed by atoms with Crippen LogP contribution in [0.2, 0.25) is 0 Å². The molecule has 0 spiro atoms. The van der Waals surface area contributed by atoms with Crippen molar-refractivity contribution in [1.29, 1.82) is 0 Å². The lowest BCUT2D eigenvalue weighted by Gasteiger charge is -2.40. The van der Waals surface area contributed by atoms with Gasteiger partial charge in [0.15, 0.2) is 6.29 Å². The number of unbranched alkanes of at least 4 members (excludes halogenated alkanes) is 34. The summed E-state index contributed by atoms with van der Waals surface area (Å²) in [6.45, 7) is 3.48. The normalized spacial score (nSPS) is 21.1. The topological polar surface area (TPSA) is 189 Å². The van der Waals surface area contributed by atoms with Crippen molar-refractivity contribution in [3.63, 3.8) is 0 Å². The van der Waals surface area contributed by atoms with Crippen LogP contribution in [0.1, 0.15) is 258 Å². The number of carbonyl (C=O) groups is 1. The Morgan fingerprint density at radius 1 is 0.492 bits per heavy atom. The number of aliphatic hydroxyl groups is 7. The number of ether oxygens (including phenoxy) is 2. The van der Waals surface area contributed by atoms with E-state index < -0.39 is 74.2 Å². The number of rotatable bonds is 46. The first-order valence-corrected chi connectivity index (χ1v) is 26.9. The molecule has 1 aliphatic rings. The highest BCUT2D eigenvalue weighted by molar-refractivity contribution is 5.80. The fourth-order valence-corrected chi connectivity index (χ4v) is 8.97. The van der Waals surface area contributed by atoms with E-state index >= 15 is 0 Å². The summed E-state index contributed by atoms with van der Waals surface area (Å²) in [6.07, 6.45) is 34.3. The van der Waals surface area contributed by atoms with Crippen LogP contribution in [-0.2, 0) is 14.3 Å². The van der Waals surface area contributed by atoms with Crippen molar-refractivity contribution < 1.29 is 50.0 Å². The zero-order chi connectivity index (χ0) is 46.2. The van der Waals surface area contributed by atoms with Crippen LogP contribution in [-0.4, -0.2) is 110 Å². The van der Waals surface area contributed by atoms with E-state index in [1.165, 1.54) is 180 Å². The van der Waals surface area contributed by atoms with E-state index in [4.69, 9.17) is 9.47 Å². The van der Waals surface area contributed by atoms with Gasteiger partial charge in [-0.25, -0.2) is 0 Å². The van der Waals surface area contributed by atoms with Gasteiger partial charge in [-0.1, -0.05) is 245 Å². The molecular formula is C52H103NO10. The molecule has 0 bridgehead atoms. The highest BCUT2D eigenvalue weighted by atomic mass is 16.7. The van der Waals surface area contributed by atoms with Gasteiger partial charge in [-0.15, -0.1) is 0 Å². The Labute approximate surface area is 386 Å².